The molecule has 0 unspecified atom stereocenters. The molecule has 2 aromatic carbocycles. The van der Waals surface area contributed by atoms with Crippen molar-refractivity contribution in [3.05, 3.63) is 80.9 Å². The van der Waals surface area contributed by atoms with Crippen LogP contribution in [0.15, 0.2) is 64.2 Å². The number of hydrogen-bond acceptors (Lipinski definition) is 4. The molecule has 8 nitrogen and oxygen atoms in total. The number of carbonyl (C=O) groups excluding carboxylic acids is 2. The molecule has 0 spiro atoms. The van der Waals surface area contributed by atoms with Crippen molar-refractivity contribution in [3.63, 3.8) is 0 Å². The highest BCUT2D eigenvalue weighted by Crippen LogP contribution is 2.13. The highest BCUT2D eigenvalue weighted by Gasteiger charge is 2.19. The van der Waals surface area contributed by atoms with E-state index in [4.69, 9.17) is 0 Å². The second-order valence-electron chi connectivity index (χ2n) is 7.94. The fraction of sp³-hybridized carbons (Fsp3) is 0.333. The molecule has 0 atom stereocenters. The van der Waals surface area contributed by atoms with Gasteiger partial charge in [-0.05, 0) is 30.5 Å². The molecule has 1 aliphatic heterocycles. The van der Waals surface area contributed by atoms with Crippen molar-refractivity contribution >= 4 is 22.8 Å². The van der Waals surface area contributed by atoms with Gasteiger partial charge in [0.2, 0.25) is 11.8 Å². The van der Waals surface area contributed by atoms with Gasteiger partial charge in [0, 0.05) is 26.1 Å². The number of amides is 2. The molecule has 1 saturated heterocycles. The maximum absolute atomic E-state index is 12.9. The van der Waals surface area contributed by atoms with Gasteiger partial charge in [-0.15, -0.1) is 0 Å². The lowest BCUT2D eigenvalue weighted by molar-refractivity contribution is -0.127. The Balaban J connectivity index is 1.50. The molecule has 0 bridgehead atoms. The van der Waals surface area contributed by atoms with E-state index in [9.17, 15) is 19.2 Å². The first-order valence-corrected chi connectivity index (χ1v) is 10.9. The number of nitrogens with one attached hydrogen (secondary N) is 1. The van der Waals surface area contributed by atoms with Crippen molar-refractivity contribution in [3.8, 4) is 0 Å². The first-order chi connectivity index (χ1) is 15.5. The number of para-hydroxylation sites is 2. The van der Waals surface area contributed by atoms with Gasteiger partial charge in [0.1, 0.15) is 6.54 Å². The minimum Gasteiger partial charge on any atom is -0.354 e. The van der Waals surface area contributed by atoms with E-state index in [1.807, 2.05) is 30.3 Å². The number of benzene rings is 2. The first-order valence-electron chi connectivity index (χ1n) is 10.9. The Bertz CT molecular complexity index is 1250. The number of hydrogen-bond donors (Lipinski definition) is 1. The van der Waals surface area contributed by atoms with Crippen molar-refractivity contribution in [1.82, 2.24) is 19.4 Å². The predicted octanol–water partition coefficient (Wildman–Crippen LogP) is 1.34. The summed E-state index contributed by atoms with van der Waals surface area (Å²) in [5.41, 5.74) is 0.656. The third-order valence-electron chi connectivity index (χ3n) is 5.72. The molecule has 1 N–H and O–H groups in total. The molecule has 2 heterocycles. The van der Waals surface area contributed by atoms with Gasteiger partial charge in [0.15, 0.2) is 0 Å². The van der Waals surface area contributed by atoms with Gasteiger partial charge < -0.3 is 10.2 Å². The maximum atomic E-state index is 12.9. The monoisotopic (exact) mass is 434 g/mol. The van der Waals surface area contributed by atoms with E-state index in [0.29, 0.717) is 37.0 Å². The summed E-state index contributed by atoms with van der Waals surface area (Å²) < 4.78 is 2.69. The zero-order valence-corrected chi connectivity index (χ0v) is 17.8. The summed E-state index contributed by atoms with van der Waals surface area (Å²) in [6.45, 7) is 1.83. The van der Waals surface area contributed by atoms with Gasteiger partial charge >= 0.3 is 11.1 Å². The summed E-state index contributed by atoms with van der Waals surface area (Å²) in [6, 6.07) is 16.6. The molecule has 8 heteroatoms. The molecule has 3 aromatic rings. The van der Waals surface area contributed by atoms with Gasteiger partial charge in [0.05, 0.1) is 17.6 Å². The average Bonchev–Trinajstić information content (AvgIpc) is 3.22. The standard InChI is InChI=1S/C24H26N4O4/c29-21(25-13-7-15-26-14-6-12-22(26)30)17-28-20-11-5-4-10-19(20)27(23(31)24(28)32)16-18-8-2-1-3-9-18/h1-5,8-11H,6-7,12-17H2,(H,25,29). The van der Waals surface area contributed by atoms with E-state index in [0.717, 1.165) is 18.5 Å². The smallest absolute Gasteiger partial charge is 0.317 e. The Hall–Kier alpha value is -3.68. The Morgan fingerprint density at radius 2 is 1.53 bits per heavy atom. The van der Waals surface area contributed by atoms with Crippen LogP contribution in [0.4, 0.5) is 0 Å². The fourth-order valence-electron chi connectivity index (χ4n) is 4.09. The first kappa shape index (κ1) is 21.5. The summed E-state index contributed by atoms with van der Waals surface area (Å²) in [6.07, 6.45) is 2.13. The summed E-state index contributed by atoms with van der Waals surface area (Å²) in [5, 5.41) is 2.79. The Morgan fingerprint density at radius 3 is 2.22 bits per heavy atom. The largest absolute Gasteiger partial charge is 0.354 e. The predicted molar refractivity (Wildman–Crippen MR) is 121 cm³/mol. The Morgan fingerprint density at radius 1 is 0.875 bits per heavy atom. The topological polar surface area (TPSA) is 93.4 Å². The van der Waals surface area contributed by atoms with Crippen LogP contribution in [-0.2, 0) is 22.7 Å². The average molecular weight is 434 g/mol. The van der Waals surface area contributed by atoms with Crippen molar-refractivity contribution in [2.45, 2.75) is 32.4 Å². The molecule has 0 saturated carbocycles. The zero-order valence-electron chi connectivity index (χ0n) is 17.8. The molecule has 1 aromatic heterocycles. The molecular formula is C24H26N4O4. The van der Waals surface area contributed by atoms with Crippen LogP contribution in [0.3, 0.4) is 0 Å². The maximum Gasteiger partial charge on any atom is 0.317 e. The van der Waals surface area contributed by atoms with Gasteiger partial charge in [-0.1, -0.05) is 42.5 Å². The third kappa shape index (κ3) is 4.64. The number of likely N-dealkylation sites (tertiary alicyclic amines) is 1. The molecule has 1 aliphatic rings. The molecule has 1 fully saturated rings. The highest BCUT2D eigenvalue weighted by atomic mass is 16.2. The van der Waals surface area contributed by atoms with Crippen molar-refractivity contribution < 1.29 is 9.59 Å². The minimum absolute atomic E-state index is 0.158. The van der Waals surface area contributed by atoms with Crippen LogP contribution in [-0.4, -0.2) is 45.5 Å². The summed E-state index contributed by atoms with van der Waals surface area (Å²) in [7, 11) is 0. The summed E-state index contributed by atoms with van der Waals surface area (Å²) >= 11 is 0. The fourth-order valence-corrected chi connectivity index (χ4v) is 4.09. The van der Waals surface area contributed by atoms with Crippen molar-refractivity contribution in [1.29, 1.82) is 0 Å². The SMILES string of the molecule is O=C(Cn1c(=O)c(=O)n(Cc2ccccc2)c2ccccc21)NCCCN1CCCC1=O. The van der Waals surface area contributed by atoms with E-state index in [1.165, 1.54) is 9.13 Å². The Labute approximate surface area is 185 Å². The zero-order chi connectivity index (χ0) is 22.5. The van der Waals surface area contributed by atoms with Crippen LogP contribution in [0.5, 0.6) is 0 Å². The Kier molecular flexibility index (Phi) is 6.49. The van der Waals surface area contributed by atoms with Crippen LogP contribution in [0.2, 0.25) is 0 Å². The van der Waals surface area contributed by atoms with E-state index >= 15 is 0 Å². The normalized spacial score (nSPS) is 13.6. The van der Waals surface area contributed by atoms with Crippen LogP contribution in [0.1, 0.15) is 24.8 Å². The van der Waals surface area contributed by atoms with E-state index in [2.05, 4.69) is 5.32 Å². The van der Waals surface area contributed by atoms with Crippen LogP contribution in [0.25, 0.3) is 11.0 Å². The number of fused-ring (bicyclic) bond motifs is 1. The van der Waals surface area contributed by atoms with Gasteiger partial charge in [-0.3, -0.25) is 28.3 Å². The lowest BCUT2D eigenvalue weighted by atomic mass is 10.2. The van der Waals surface area contributed by atoms with Crippen LogP contribution >= 0.6 is 0 Å². The van der Waals surface area contributed by atoms with Crippen LogP contribution in [0, 0.1) is 0 Å². The third-order valence-corrected chi connectivity index (χ3v) is 5.72. The van der Waals surface area contributed by atoms with Gasteiger partial charge in [-0.2, -0.15) is 0 Å². The van der Waals surface area contributed by atoms with E-state index in [1.54, 1.807) is 29.2 Å². The molecule has 32 heavy (non-hydrogen) atoms. The van der Waals surface area contributed by atoms with E-state index < -0.39 is 11.1 Å². The lowest BCUT2D eigenvalue weighted by Crippen LogP contribution is -2.44. The second-order valence-corrected chi connectivity index (χ2v) is 7.94. The molecule has 0 aliphatic carbocycles. The molecule has 4 rings (SSSR count). The van der Waals surface area contributed by atoms with Crippen LogP contribution < -0.4 is 16.4 Å². The van der Waals surface area contributed by atoms with E-state index in [-0.39, 0.29) is 24.9 Å². The van der Waals surface area contributed by atoms with Gasteiger partial charge in [-0.25, -0.2) is 0 Å². The van der Waals surface area contributed by atoms with Gasteiger partial charge in [0.25, 0.3) is 0 Å². The number of nitrogens with zero attached hydrogens (tertiary/aromatic N) is 3. The van der Waals surface area contributed by atoms with Crippen molar-refractivity contribution in [2.24, 2.45) is 0 Å². The quantitative estimate of drug-likeness (QED) is 0.428. The molecule has 2 amide bonds. The highest BCUT2D eigenvalue weighted by molar-refractivity contribution is 5.80. The number of rotatable bonds is 8. The van der Waals surface area contributed by atoms with Crippen molar-refractivity contribution in [2.75, 3.05) is 19.6 Å². The second kappa shape index (κ2) is 9.64. The minimum atomic E-state index is -0.725. The summed E-state index contributed by atoms with van der Waals surface area (Å²) in [5.74, 6) is -0.185. The molecular weight excluding hydrogens is 408 g/mol. The summed E-state index contributed by atoms with van der Waals surface area (Å²) in [4.78, 5) is 51.7. The number of carbonyl (C=O) groups is 2. The molecule has 0 radical (unpaired) electrons. The number of aromatic nitrogens is 2. The lowest BCUT2D eigenvalue weighted by Gasteiger charge is -2.16. The molecule has 166 valence electrons.